The Hall–Kier alpha value is -1.65. The van der Waals surface area contributed by atoms with Crippen LogP contribution in [-0.4, -0.2) is 29.9 Å². The summed E-state index contributed by atoms with van der Waals surface area (Å²) in [6.45, 7) is 4.77. The van der Waals surface area contributed by atoms with Crippen LogP contribution in [0.5, 0.6) is 0 Å². The van der Waals surface area contributed by atoms with Gasteiger partial charge in [0.2, 0.25) is 5.91 Å². The summed E-state index contributed by atoms with van der Waals surface area (Å²) in [6, 6.07) is 12.9. The molecule has 1 saturated heterocycles. The fraction of sp³-hybridized carbons (Fsp3) is 0.450. The van der Waals surface area contributed by atoms with Gasteiger partial charge < -0.3 is 10.2 Å². The van der Waals surface area contributed by atoms with E-state index in [1.165, 1.54) is 5.56 Å². The van der Waals surface area contributed by atoms with E-state index in [0.717, 1.165) is 44.5 Å². The van der Waals surface area contributed by atoms with Gasteiger partial charge in [0.05, 0.1) is 5.92 Å². The monoisotopic (exact) mass is 342 g/mol. The maximum Gasteiger partial charge on any atom is 0.230 e. The summed E-state index contributed by atoms with van der Waals surface area (Å²) in [6.07, 6.45) is 2.95. The van der Waals surface area contributed by atoms with Crippen LogP contribution in [0.15, 0.2) is 47.2 Å². The van der Waals surface area contributed by atoms with E-state index in [2.05, 4.69) is 46.1 Å². The van der Waals surface area contributed by atoms with Crippen LogP contribution < -0.4 is 5.32 Å². The van der Waals surface area contributed by atoms with Gasteiger partial charge in [0.15, 0.2) is 0 Å². The summed E-state index contributed by atoms with van der Waals surface area (Å²) in [4.78, 5) is 14.9. The molecule has 1 aliphatic heterocycles. The van der Waals surface area contributed by atoms with Crippen molar-refractivity contribution < 1.29 is 4.79 Å². The molecule has 24 heavy (non-hydrogen) atoms. The normalized spacial score (nSPS) is 17.0. The number of piperidine rings is 1. The van der Waals surface area contributed by atoms with Gasteiger partial charge in [0.25, 0.3) is 0 Å². The van der Waals surface area contributed by atoms with E-state index >= 15 is 0 Å². The zero-order valence-corrected chi connectivity index (χ0v) is 15.1. The van der Waals surface area contributed by atoms with Crippen LogP contribution in [0, 0.1) is 0 Å². The Bertz CT molecular complexity index is 618. The molecule has 3 nitrogen and oxygen atoms in total. The lowest BCUT2D eigenvalue weighted by Gasteiger charge is -2.34. The number of hydrogen-bond acceptors (Lipinski definition) is 3. The smallest absolute Gasteiger partial charge is 0.230 e. The molecule has 0 aliphatic carbocycles. The molecule has 1 fully saturated rings. The lowest BCUT2D eigenvalue weighted by atomic mass is 9.93. The summed E-state index contributed by atoms with van der Waals surface area (Å²) >= 11 is 1.74. The summed E-state index contributed by atoms with van der Waals surface area (Å²) < 4.78 is 0. The Morgan fingerprint density at radius 1 is 1.25 bits per heavy atom. The Kier molecular flexibility index (Phi) is 6.05. The van der Waals surface area contributed by atoms with Gasteiger partial charge >= 0.3 is 0 Å². The lowest BCUT2D eigenvalue weighted by molar-refractivity contribution is -0.134. The maximum absolute atomic E-state index is 12.9. The van der Waals surface area contributed by atoms with Gasteiger partial charge in [-0.1, -0.05) is 37.3 Å². The van der Waals surface area contributed by atoms with E-state index in [9.17, 15) is 4.79 Å². The molecule has 0 radical (unpaired) electrons. The van der Waals surface area contributed by atoms with Gasteiger partial charge in [-0.25, -0.2) is 0 Å². The number of hydrogen-bond donors (Lipinski definition) is 1. The SMILES string of the molecule is CCC(C(=O)N1CCC(NCc2ccsc2)CC1)c1ccccc1. The highest BCUT2D eigenvalue weighted by Crippen LogP contribution is 2.24. The molecule has 1 aromatic heterocycles. The van der Waals surface area contributed by atoms with Crippen LogP contribution in [0.2, 0.25) is 0 Å². The number of benzene rings is 1. The van der Waals surface area contributed by atoms with Crippen LogP contribution in [0.4, 0.5) is 0 Å². The Morgan fingerprint density at radius 3 is 2.62 bits per heavy atom. The zero-order valence-electron chi connectivity index (χ0n) is 14.3. The number of likely N-dealkylation sites (tertiary alicyclic amines) is 1. The highest BCUT2D eigenvalue weighted by atomic mass is 32.1. The topological polar surface area (TPSA) is 32.3 Å². The predicted molar refractivity (Wildman–Crippen MR) is 100 cm³/mol. The van der Waals surface area contributed by atoms with Crippen molar-refractivity contribution in [2.24, 2.45) is 0 Å². The highest BCUT2D eigenvalue weighted by Gasteiger charge is 2.28. The molecule has 1 N–H and O–H groups in total. The second-order valence-electron chi connectivity index (χ2n) is 6.48. The van der Waals surface area contributed by atoms with Gasteiger partial charge in [-0.15, -0.1) is 0 Å². The second kappa shape index (κ2) is 8.45. The fourth-order valence-corrected chi connectivity index (χ4v) is 4.09. The molecular weight excluding hydrogens is 316 g/mol. The maximum atomic E-state index is 12.9. The molecule has 2 aromatic rings. The van der Waals surface area contributed by atoms with Crippen molar-refractivity contribution in [1.82, 2.24) is 10.2 Å². The molecular formula is C20H26N2OS. The molecule has 3 rings (SSSR count). The molecule has 1 aromatic carbocycles. The van der Waals surface area contributed by atoms with Crippen molar-refractivity contribution in [3.8, 4) is 0 Å². The standard InChI is InChI=1S/C20H26N2OS/c1-2-19(17-6-4-3-5-7-17)20(23)22-11-8-18(9-12-22)21-14-16-10-13-24-15-16/h3-7,10,13,15,18-19,21H,2,8-9,11-12,14H2,1H3. The molecule has 1 aliphatic rings. The van der Waals surface area contributed by atoms with Crippen molar-refractivity contribution in [3.63, 3.8) is 0 Å². The van der Waals surface area contributed by atoms with Crippen molar-refractivity contribution in [2.75, 3.05) is 13.1 Å². The molecule has 1 atom stereocenters. The van der Waals surface area contributed by atoms with Crippen LogP contribution in [0.3, 0.4) is 0 Å². The molecule has 1 amide bonds. The van der Waals surface area contributed by atoms with Crippen molar-refractivity contribution in [3.05, 3.63) is 58.3 Å². The molecule has 128 valence electrons. The zero-order chi connectivity index (χ0) is 16.8. The number of carbonyl (C=O) groups is 1. The molecule has 0 saturated carbocycles. The first-order chi connectivity index (χ1) is 11.8. The minimum absolute atomic E-state index is 0.00140. The quantitative estimate of drug-likeness (QED) is 0.860. The van der Waals surface area contributed by atoms with Crippen molar-refractivity contribution in [1.29, 1.82) is 0 Å². The molecule has 1 unspecified atom stereocenters. The molecule has 4 heteroatoms. The van der Waals surface area contributed by atoms with Crippen LogP contribution >= 0.6 is 11.3 Å². The summed E-state index contributed by atoms with van der Waals surface area (Å²) in [5, 5.41) is 7.94. The van der Waals surface area contributed by atoms with Crippen LogP contribution in [0.1, 0.15) is 43.2 Å². The van der Waals surface area contributed by atoms with Gasteiger partial charge in [-0.05, 0) is 47.2 Å². The first kappa shape index (κ1) is 17.2. The van der Waals surface area contributed by atoms with Crippen LogP contribution in [-0.2, 0) is 11.3 Å². The number of amides is 1. The van der Waals surface area contributed by atoms with E-state index in [-0.39, 0.29) is 5.92 Å². The third-order valence-electron chi connectivity index (χ3n) is 4.89. The lowest BCUT2D eigenvalue weighted by Crippen LogP contribution is -2.46. The molecule has 2 heterocycles. The van der Waals surface area contributed by atoms with Crippen molar-refractivity contribution in [2.45, 2.75) is 44.7 Å². The predicted octanol–water partition coefficient (Wildman–Crippen LogP) is 4.02. The summed E-state index contributed by atoms with van der Waals surface area (Å²) in [7, 11) is 0. The summed E-state index contributed by atoms with van der Waals surface area (Å²) in [5.41, 5.74) is 2.50. The van der Waals surface area contributed by atoms with Gasteiger partial charge in [-0.3, -0.25) is 4.79 Å². The van der Waals surface area contributed by atoms with Crippen LogP contribution in [0.25, 0.3) is 0 Å². The number of nitrogens with zero attached hydrogens (tertiary/aromatic N) is 1. The third-order valence-corrected chi connectivity index (χ3v) is 5.62. The van der Waals surface area contributed by atoms with Gasteiger partial charge in [0.1, 0.15) is 0 Å². The first-order valence-corrected chi connectivity index (χ1v) is 9.80. The van der Waals surface area contributed by atoms with E-state index in [4.69, 9.17) is 0 Å². The number of rotatable bonds is 6. The van der Waals surface area contributed by atoms with E-state index in [0.29, 0.717) is 11.9 Å². The van der Waals surface area contributed by atoms with Gasteiger partial charge in [-0.2, -0.15) is 11.3 Å². The number of nitrogens with one attached hydrogen (secondary N) is 1. The second-order valence-corrected chi connectivity index (χ2v) is 7.26. The fourth-order valence-electron chi connectivity index (χ4n) is 3.42. The highest BCUT2D eigenvalue weighted by molar-refractivity contribution is 7.07. The molecule has 0 spiro atoms. The first-order valence-electron chi connectivity index (χ1n) is 8.86. The minimum Gasteiger partial charge on any atom is -0.342 e. The Balaban J connectivity index is 1.51. The van der Waals surface area contributed by atoms with E-state index in [1.807, 2.05) is 18.2 Å². The van der Waals surface area contributed by atoms with Crippen molar-refractivity contribution >= 4 is 17.2 Å². The largest absolute Gasteiger partial charge is 0.342 e. The molecule has 0 bridgehead atoms. The Morgan fingerprint density at radius 2 is 2.00 bits per heavy atom. The van der Waals surface area contributed by atoms with E-state index in [1.54, 1.807) is 11.3 Å². The van der Waals surface area contributed by atoms with E-state index < -0.39 is 0 Å². The number of thiophene rings is 1. The summed E-state index contributed by atoms with van der Waals surface area (Å²) in [5.74, 6) is 0.293. The number of carbonyl (C=O) groups excluding carboxylic acids is 1. The third kappa shape index (κ3) is 4.25. The Labute approximate surface area is 148 Å². The average molecular weight is 343 g/mol. The minimum atomic E-state index is 0.00140. The van der Waals surface area contributed by atoms with Gasteiger partial charge in [0, 0.05) is 25.7 Å². The average Bonchev–Trinajstić information content (AvgIpc) is 3.15.